The van der Waals surface area contributed by atoms with Crippen molar-refractivity contribution >= 4 is 5.91 Å². The zero-order valence-corrected chi connectivity index (χ0v) is 14.0. The molecule has 1 aliphatic rings. The number of hydrogen-bond donors (Lipinski definition) is 1. The van der Waals surface area contributed by atoms with Crippen molar-refractivity contribution < 1.29 is 9.53 Å². The lowest BCUT2D eigenvalue weighted by Crippen LogP contribution is -2.43. The van der Waals surface area contributed by atoms with Crippen LogP contribution in [0.5, 0.6) is 0 Å². The van der Waals surface area contributed by atoms with Gasteiger partial charge in [-0.25, -0.2) is 0 Å². The van der Waals surface area contributed by atoms with Crippen LogP contribution < -0.4 is 5.32 Å². The molecule has 4 heteroatoms. The largest absolute Gasteiger partial charge is 0.380 e. The Hall–Kier alpha value is -1.39. The molecule has 1 saturated heterocycles. The van der Waals surface area contributed by atoms with Crippen LogP contribution >= 0.6 is 0 Å². The van der Waals surface area contributed by atoms with Crippen molar-refractivity contribution in [3.8, 4) is 0 Å². The zero-order valence-electron chi connectivity index (χ0n) is 14.0. The van der Waals surface area contributed by atoms with Crippen molar-refractivity contribution in [2.24, 2.45) is 5.92 Å². The van der Waals surface area contributed by atoms with Gasteiger partial charge in [-0.05, 0) is 50.8 Å². The van der Waals surface area contributed by atoms with Crippen LogP contribution in [0.4, 0.5) is 0 Å². The Morgan fingerprint density at radius 2 is 2.18 bits per heavy atom. The van der Waals surface area contributed by atoms with Crippen LogP contribution in [-0.2, 0) is 11.3 Å². The highest BCUT2D eigenvalue weighted by Crippen LogP contribution is 2.18. The number of hydrogen-bond acceptors (Lipinski definition) is 3. The lowest BCUT2D eigenvalue weighted by Gasteiger charge is -2.35. The summed E-state index contributed by atoms with van der Waals surface area (Å²) >= 11 is 0. The summed E-state index contributed by atoms with van der Waals surface area (Å²) < 4.78 is 5.17. The molecule has 1 aromatic carbocycles. The number of methoxy groups -OCH3 is 1. The van der Waals surface area contributed by atoms with Gasteiger partial charge in [0.2, 0.25) is 0 Å². The molecule has 1 atom stereocenters. The molecule has 0 aliphatic carbocycles. The maximum Gasteiger partial charge on any atom is 0.251 e. The molecule has 2 rings (SSSR count). The number of amides is 1. The topological polar surface area (TPSA) is 41.6 Å². The van der Waals surface area contributed by atoms with E-state index in [1.54, 1.807) is 7.11 Å². The molecule has 0 unspecified atom stereocenters. The molecule has 1 aliphatic heterocycles. The maximum atomic E-state index is 12.4. The summed E-state index contributed by atoms with van der Waals surface area (Å²) in [5, 5.41) is 3.11. The molecule has 22 heavy (non-hydrogen) atoms. The average molecular weight is 304 g/mol. The van der Waals surface area contributed by atoms with Crippen LogP contribution in [0.15, 0.2) is 24.3 Å². The highest BCUT2D eigenvalue weighted by Gasteiger charge is 2.22. The van der Waals surface area contributed by atoms with Crippen LogP contribution in [0, 0.1) is 5.92 Å². The predicted molar refractivity (Wildman–Crippen MR) is 88.9 cm³/mol. The summed E-state index contributed by atoms with van der Waals surface area (Å²) in [6.07, 6.45) is 2.42. The fourth-order valence-electron chi connectivity index (χ4n) is 3.09. The second kappa shape index (κ2) is 8.30. The van der Waals surface area contributed by atoms with Gasteiger partial charge in [-0.2, -0.15) is 0 Å². The number of carbonyl (C=O) groups excluding carboxylic acids is 1. The Kier molecular flexibility index (Phi) is 6.40. The van der Waals surface area contributed by atoms with Gasteiger partial charge >= 0.3 is 0 Å². The summed E-state index contributed by atoms with van der Waals surface area (Å²) in [6, 6.07) is 8.23. The average Bonchev–Trinajstić information content (AvgIpc) is 2.53. The molecule has 1 heterocycles. The lowest BCUT2D eigenvalue weighted by molar-refractivity contribution is 0.0918. The van der Waals surface area contributed by atoms with Crippen molar-refractivity contribution in [3.05, 3.63) is 35.4 Å². The SMILES string of the molecule is COCc1ccccc1C(=O)NC[C@H]1CCCN(C(C)C)C1. The van der Waals surface area contributed by atoms with Gasteiger partial charge in [0.15, 0.2) is 0 Å². The first-order valence-electron chi connectivity index (χ1n) is 8.21. The molecular weight excluding hydrogens is 276 g/mol. The standard InChI is InChI=1S/C18H28N2O2/c1-14(2)20-10-6-7-15(12-20)11-19-18(21)17-9-5-4-8-16(17)13-22-3/h4-5,8-9,14-15H,6-7,10-13H2,1-3H3,(H,19,21)/t15-/m1/s1. The number of likely N-dealkylation sites (tertiary alicyclic amines) is 1. The van der Waals surface area contributed by atoms with Crippen LogP contribution in [0.3, 0.4) is 0 Å². The van der Waals surface area contributed by atoms with E-state index in [4.69, 9.17) is 4.74 Å². The molecule has 0 bridgehead atoms. The second-order valence-electron chi connectivity index (χ2n) is 6.40. The van der Waals surface area contributed by atoms with Gasteiger partial charge in [0.1, 0.15) is 0 Å². The molecule has 0 spiro atoms. The molecule has 1 N–H and O–H groups in total. The van der Waals surface area contributed by atoms with Crippen molar-refractivity contribution in [2.75, 3.05) is 26.7 Å². The van der Waals surface area contributed by atoms with Crippen LogP contribution in [0.1, 0.15) is 42.6 Å². The van der Waals surface area contributed by atoms with Gasteiger partial charge in [-0.3, -0.25) is 4.79 Å². The van der Waals surface area contributed by atoms with Crippen molar-refractivity contribution in [3.63, 3.8) is 0 Å². The first-order chi connectivity index (χ1) is 10.6. The number of nitrogens with zero attached hydrogens (tertiary/aromatic N) is 1. The van der Waals surface area contributed by atoms with E-state index in [-0.39, 0.29) is 5.91 Å². The predicted octanol–water partition coefficient (Wildman–Crippen LogP) is 2.68. The Morgan fingerprint density at radius 1 is 1.41 bits per heavy atom. The van der Waals surface area contributed by atoms with E-state index in [1.165, 1.54) is 19.4 Å². The minimum absolute atomic E-state index is 0.00863. The number of ether oxygens (including phenoxy) is 1. The maximum absolute atomic E-state index is 12.4. The fourth-order valence-corrected chi connectivity index (χ4v) is 3.09. The number of piperidine rings is 1. The van der Waals surface area contributed by atoms with Gasteiger partial charge in [-0.15, -0.1) is 0 Å². The minimum atomic E-state index is 0.00863. The zero-order chi connectivity index (χ0) is 15.9. The smallest absolute Gasteiger partial charge is 0.251 e. The normalized spacial score (nSPS) is 19.4. The van der Waals surface area contributed by atoms with E-state index < -0.39 is 0 Å². The van der Waals surface area contributed by atoms with Gasteiger partial charge in [0.25, 0.3) is 5.91 Å². The first kappa shape index (κ1) is 17.0. The first-order valence-corrected chi connectivity index (χ1v) is 8.21. The summed E-state index contributed by atoms with van der Waals surface area (Å²) in [4.78, 5) is 14.9. The summed E-state index contributed by atoms with van der Waals surface area (Å²) in [5.41, 5.74) is 1.66. The number of rotatable bonds is 6. The third kappa shape index (κ3) is 4.55. The van der Waals surface area contributed by atoms with Crippen LogP contribution in [0.2, 0.25) is 0 Å². The molecule has 0 saturated carbocycles. The highest BCUT2D eigenvalue weighted by atomic mass is 16.5. The Labute approximate surface area is 133 Å². The minimum Gasteiger partial charge on any atom is -0.380 e. The van der Waals surface area contributed by atoms with Gasteiger partial charge < -0.3 is 15.0 Å². The van der Waals surface area contributed by atoms with E-state index in [0.717, 1.165) is 24.2 Å². The molecule has 1 aromatic rings. The van der Waals surface area contributed by atoms with Crippen LogP contribution in [0.25, 0.3) is 0 Å². The number of carbonyl (C=O) groups is 1. The quantitative estimate of drug-likeness (QED) is 0.878. The highest BCUT2D eigenvalue weighted by molar-refractivity contribution is 5.95. The third-order valence-electron chi connectivity index (χ3n) is 4.39. The fraction of sp³-hybridized carbons (Fsp3) is 0.611. The molecular formula is C18H28N2O2. The number of benzene rings is 1. The molecule has 4 nitrogen and oxygen atoms in total. The number of nitrogens with one attached hydrogen (secondary N) is 1. The van der Waals surface area contributed by atoms with Crippen molar-refractivity contribution in [1.29, 1.82) is 0 Å². The van der Waals surface area contributed by atoms with Gasteiger partial charge in [0.05, 0.1) is 6.61 Å². The van der Waals surface area contributed by atoms with Crippen LogP contribution in [-0.4, -0.2) is 43.6 Å². The second-order valence-corrected chi connectivity index (χ2v) is 6.40. The monoisotopic (exact) mass is 304 g/mol. The van der Waals surface area contributed by atoms with Crippen molar-refractivity contribution in [2.45, 2.75) is 39.3 Å². The Morgan fingerprint density at radius 3 is 2.91 bits per heavy atom. The van der Waals surface area contributed by atoms with E-state index in [9.17, 15) is 4.79 Å². The van der Waals surface area contributed by atoms with Gasteiger partial charge in [0, 0.05) is 31.8 Å². The Balaban J connectivity index is 1.90. The van der Waals surface area contributed by atoms with E-state index in [0.29, 0.717) is 18.6 Å². The summed E-state index contributed by atoms with van der Waals surface area (Å²) in [6.45, 7) is 7.96. The van der Waals surface area contributed by atoms with Gasteiger partial charge in [-0.1, -0.05) is 18.2 Å². The summed E-state index contributed by atoms with van der Waals surface area (Å²) in [5.74, 6) is 0.559. The van der Waals surface area contributed by atoms with E-state index in [1.807, 2.05) is 24.3 Å². The third-order valence-corrected chi connectivity index (χ3v) is 4.39. The molecule has 1 fully saturated rings. The van der Waals surface area contributed by atoms with E-state index >= 15 is 0 Å². The van der Waals surface area contributed by atoms with Crippen molar-refractivity contribution in [1.82, 2.24) is 10.2 Å². The molecule has 1 amide bonds. The molecule has 0 aromatic heterocycles. The Bertz CT molecular complexity index is 488. The molecule has 0 radical (unpaired) electrons. The van der Waals surface area contributed by atoms with E-state index in [2.05, 4.69) is 24.1 Å². The molecule has 122 valence electrons. The lowest BCUT2D eigenvalue weighted by atomic mass is 9.96. The summed E-state index contributed by atoms with van der Waals surface area (Å²) in [7, 11) is 1.65.